The Hall–Kier alpha value is -4.18. The zero-order valence-electron chi connectivity index (χ0n) is 22.4. The Morgan fingerprint density at radius 3 is 1.71 bits per heavy atom. The number of para-hydroxylation sites is 1. The van der Waals surface area contributed by atoms with Crippen molar-refractivity contribution in [2.75, 3.05) is 11.9 Å². The third kappa shape index (κ3) is 4.74. The Morgan fingerprint density at radius 1 is 0.684 bits per heavy atom. The fraction of sp³-hybridized carbons (Fsp3) is 0.235. The maximum atomic E-state index is 14.0. The summed E-state index contributed by atoms with van der Waals surface area (Å²) in [5, 5.41) is 3.22. The minimum atomic E-state index is -0.356. The largest absolute Gasteiger partial charge is 0.324 e. The Balaban J connectivity index is 1.56. The van der Waals surface area contributed by atoms with Gasteiger partial charge in [-0.2, -0.15) is 0 Å². The van der Waals surface area contributed by atoms with Gasteiger partial charge in [-0.3, -0.25) is 9.59 Å². The average molecular weight is 503 g/mol. The number of benzene rings is 4. The van der Waals surface area contributed by atoms with Gasteiger partial charge in [-0.05, 0) is 57.3 Å². The molecule has 5 rings (SSSR count). The molecule has 2 amide bonds. The molecule has 0 fully saturated rings. The molecule has 0 saturated heterocycles. The Bertz CT molecular complexity index is 1400. The number of anilines is 1. The van der Waals surface area contributed by atoms with Crippen LogP contribution < -0.4 is 5.32 Å². The molecule has 4 nitrogen and oxygen atoms in total. The highest BCUT2D eigenvalue weighted by molar-refractivity contribution is 6.01. The van der Waals surface area contributed by atoms with Crippen LogP contribution >= 0.6 is 0 Å². The van der Waals surface area contributed by atoms with Crippen LogP contribution in [0.25, 0.3) is 11.1 Å². The average Bonchev–Trinajstić information content (AvgIpc) is 3.26. The second kappa shape index (κ2) is 10.7. The van der Waals surface area contributed by atoms with E-state index < -0.39 is 0 Å². The van der Waals surface area contributed by atoms with E-state index in [0.717, 1.165) is 39.1 Å². The van der Waals surface area contributed by atoms with Gasteiger partial charge in [0.15, 0.2) is 0 Å². The maximum absolute atomic E-state index is 14.0. The zero-order chi connectivity index (χ0) is 26.8. The van der Waals surface area contributed by atoms with E-state index in [1.54, 1.807) is 4.90 Å². The molecule has 38 heavy (non-hydrogen) atoms. The normalized spacial score (nSPS) is 12.4. The number of amides is 2. The van der Waals surface area contributed by atoms with Crippen molar-refractivity contribution in [1.82, 2.24) is 4.90 Å². The predicted molar refractivity (Wildman–Crippen MR) is 154 cm³/mol. The lowest BCUT2D eigenvalue weighted by molar-refractivity contribution is -0.117. The fourth-order valence-electron chi connectivity index (χ4n) is 5.52. The number of carbonyl (C=O) groups is 2. The smallest absolute Gasteiger partial charge is 0.255 e. The van der Waals surface area contributed by atoms with Crippen LogP contribution in [0.15, 0.2) is 97.1 Å². The molecule has 0 bridgehead atoms. The van der Waals surface area contributed by atoms with Crippen molar-refractivity contribution in [2.24, 2.45) is 0 Å². The minimum absolute atomic E-state index is 0.0645. The molecule has 1 aliphatic rings. The Kier molecular flexibility index (Phi) is 7.15. The van der Waals surface area contributed by atoms with E-state index in [-0.39, 0.29) is 36.2 Å². The summed E-state index contributed by atoms with van der Waals surface area (Å²) in [5.41, 5.74) is 7.91. The van der Waals surface area contributed by atoms with E-state index in [2.05, 4.69) is 75.5 Å². The molecule has 0 aromatic heterocycles. The van der Waals surface area contributed by atoms with E-state index in [1.165, 1.54) is 0 Å². The topological polar surface area (TPSA) is 49.4 Å². The van der Waals surface area contributed by atoms with Crippen LogP contribution in [0, 0.1) is 0 Å². The van der Waals surface area contributed by atoms with E-state index in [1.807, 2.05) is 54.6 Å². The Morgan fingerprint density at radius 2 is 1.18 bits per heavy atom. The van der Waals surface area contributed by atoms with Gasteiger partial charge in [0.1, 0.15) is 6.54 Å². The van der Waals surface area contributed by atoms with Gasteiger partial charge in [0.2, 0.25) is 5.91 Å². The molecule has 0 heterocycles. The monoisotopic (exact) mass is 502 g/mol. The fourth-order valence-corrected chi connectivity index (χ4v) is 5.52. The first kappa shape index (κ1) is 25.5. The van der Waals surface area contributed by atoms with Gasteiger partial charge in [-0.1, -0.05) is 113 Å². The highest BCUT2D eigenvalue weighted by Crippen LogP contribution is 2.46. The number of nitrogens with zero attached hydrogens (tertiary/aromatic N) is 1. The maximum Gasteiger partial charge on any atom is 0.255 e. The van der Waals surface area contributed by atoms with Crippen LogP contribution in [0.3, 0.4) is 0 Å². The van der Waals surface area contributed by atoms with Gasteiger partial charge < -0.3 is 10.2 Å². The second-order valence-electron chi connectivity index (χ2n) is 10.5. The van der Waals surface area contributed by atoms with Crippen LogP contribution in [-0.2, 0) is 4.79 Å². The quantitative estimate of drug-likeness (QED) is 0.280. The number of hydrogen-bond donors (Lipinski definition) is 1. The van der Waals surface area contributed by atoms with Gasteiger partial charge in [-0.25, -0.2) is 0 Å². The van der Waals surface area contributed by atoms with Crippen LogP contribution in [-0.4, -0.2) is 23.3 Å². The van der Waals surface area contributed by atoms with Gasteiger partial charge in [0.25, 0.3) is 5.91 Å². The van der Waals surface area contributed by atoms with E-state index >= 15 is 0 Å². The number of nitrogens with one attached hydrogen (secondary N) is 1. The molecule has 4 aromatic rings. The molecule has 192 valence electrons. The van der Waals surface area contributed by atoms with E-state index in [9.17, 15) is 9.59 Å². The first-order chi connectivity index (χ1) is 18.4. The van der Waals surface area contributed by atoms with Gasteiger partial charge in [0.05, 0.1) is 6.04 Å². The van der Waals surface area contributed by atoms with Crippen LogP contribution in [0.2, 0.25) is 0 Å². The number of fused-ring (bicyclic) bond motifs is 3. The molecule has 1 aliphatic carbocycles. The van der Waals surface area contributed by atoms with Crippen molar-refractivity contribution in [3.8, 4) is 11.1 Å². The lowest BCUT2D eigenvalue weighted by Gasteiger charge is -2.31. The lowest BCUT2D eigenvalue weighted by atomic mass is 9.92. The van der Waals surface area contributed by atoms with Crippen molar-refractivity contribution in [3.05, 3.63) is 125 Å². The summed E-state index contributed by atoms with van der Waals surface area (Å²) in [4.78, 5) is 29.5. The standard InChI is InChI=1S/C34H34N2O2/c1-22(2)25-19-12-20-26(23(3)4)32(25)35-31(37)21-36(34(38)24-13-6-5-7-14-24)33-29-17-10-8-15-27(29)28-16-9-11-18-30(28)33/h5-20,22-23,33H,21H2,1-4H3,(H,35,37). The molecule has 0 radical (unpaired) electrons. The van der Waals surface area contributed by atoms with E-state index in [4.69, 9.17) is 0 Å². The van der Waals surface area contributed by atoms with Crippen molar-refractivity contribution in [1.29, 1.82) is 0 Å². The number of carbonyl (C=O) groups excluding carboxylic acids is 2. The summed E-state index contributed by atoms with van der Waals surface area (Å²) in [5.74, 6) is 0.129. The summed E-state index contributed by atoms with van der Waals surface area (Å²) < 4.78 is 0. The third-order valence-corrected chi connectivity index (χ3v) is 7.35. The van der Waals surface area contributed by atoms with Crippen molar-refractivity contribution >= 4 is 17.5 Å². The van der Waals surface area contributed by atoms with Crippen LogP contribution in [0.1, 0.15) is 78.2 Å². The van der Waals surface area contributed by atoms with Crippen LogP contribution in [0.5, 0.6) is 0 Å². The molecule has 0 unspecified atom stereocenters. The number of hydrogen-bond acceptors (Lipinski definition) is 2. The van der Waals surface area contributed by atoms with Crippen molar-refractivity contribution in [2.45, 2.75) is 45.6 Å². The zero-order valence-corrected chi connectivity index (χ0v) is 22.4. The second-order valence-corrected chi connectivity index (χ2v) is 10.5. The van der Waals surface area contributed by atoms with Gasteiger partial charge >= 0.3 is 0 Å². The molecular formula is C34H34N2O2. The molecular weight excluding hydrogens is 468 g/mol. The molecule has 0 saturated carbocycles. The number of rotatable bonds is 7. The Labute approximate surface area is 225 Å². The summed E-state index contributed by atoms with van der Waals surface area (Å²) in [7, 11) is 0. The van der Waals surface area contributed by atoms with Crippen molar-refractivity contribution in [3.63, 3.8) is 0 Å². The van der Waals surface area contributed by atoms with E-state index in [0.29, 0.717) is 5.56 Å². The third-order valence-electron chi connectivity index (χ3n) is 7.35. The predicted octanol–water partition coefficient (Wildman–Crippen LogP) is 7.78. The molecule has 4 heteroatoms. The SMILES string of the molecule is CC(C)c1cccc(C(C)C)c1NC(=O)CN(C(=O)c1ccccc1)C1c2ccccc2-c2ccccc21. The first-order valence-corrected chi connectivity index (χ1v) is 13.3. The summed E-state index contributed by atoms with van der Waals surface area (Å²) in [6.45, 7) is 8.46. The summed E-state index contributed by atoms with van der Waals surface area (Å²) >= 11 is 0. The molecule has 0 spiro atoms. The molecule has 4 aromatic carbocycles. The lowest BCUT2D eigenvalue weighted by Crippen LogP contribution is -2.40. The van der Waals surface area contributed by atoms with Gasteiger partial charge in [-0.15, -0.1) is 0 Å². The molecule has 1 N–H and O–H groups in total. The van der Waals surface area contributed by atoms with Crippen LogP contribution in [0.4, 0.5) is 5.69 Å². The van der Waals surface area contributed by atoms with Gasteiger partial charge in [0, 0.05) is 11.3 Å². The van der Waals surface area contributed by atoms with Crippen molar-refractivity contribution < 1.29 is 9.59 Å². The minimum Gasteiger partial charge on any atom is -0.324 e. The highest BCUT2D eigenvalue weighted by atomic mass is 16.2. The highest BCUT2D eigenvalue weighted by Gasteiger charge is 2.36. The molecule has 0 atom stereocenters. The molecule has 0 aliphatic heterocycles. The first-order valence-electron chi connectivity index (χ1n) is 13.3. The summed E-state index contributed by atoms with van der Waals surface area (Å²) in [6.07, 6.45) is 0. The summed E-state index contributed by atoms with van der Waals surface area (Å²) in [6, 6.07) is 31.4.